The Kier molecular flexibility index (Phi) is 5.99. The van der Waals surface area contributed by atoms with Crippen molar-refractivity contribution < 1.29 is 9.18 Å². The van der Waals surface area contributed by atoms with Gasteiger partial charge in [0.25, 0.3) is 5.91 Å². The Balaban J connectivity index is 1.92. The zero-order valence-electron chi connectivity index (χ0n) is 15.7. The Labute approximate surface area is 163 Å². The molecule has 1 saturated carbocycles. The molecule has 1 aliphatic carbocycles. The van der Waals surface area contributed by atoms with Crippen molar-refractivity contribution >= 4 is 34.2 Å². The fraction of sp³-hybridized carbons (Fsp3) is 0.450. The fourth-order valence-corrected chi connectivity index (χ4v) is 4.91. The first kappa shape index (κ1) is 19.6. The molecule has 3 rings (SSSR count). The van der Waals surface area contributed by atoms with E-state index in [0.29, 0.717) is 22.1 Å². The molecule has 1 aliphatic heterocycles. The first-order valence-corrected chi connectivity index (χ1v) is 10.2. The number of amides is 1. The maximum Gasteiger partial charge on any atom is 0.273 e. The summed E-state index contributed by atoms with van der Waals surface area (Å²) in [6.07, 6.45) is 7.15. The Morgan fingerprint density at radius 3 is 3.11 bits per heavy atom. The Bertz CT molecular complexity index is 820. The second kappa shape index (κ2) is 8.25. The molecule has 27 heavy (non-hydrogen) atoms. The van der Waals surface area contributed by atoms with E-state index >= 15 is 0 Å². The van der Waals surface area contributed by atoms with Crippen LogP contribution in [0.3, 0.4) is 0 Å². The minimum Gasteiger partial charge on any atom is -0.379 e. The number of nitrogens with two attached hydrogens (primary N) is 1. The second-order valence-electron chi connectivity index (χ2n) is 6.84. The van der Waals surface area contributed by atoms with Crippen LogP contribution in [0.15, 0.2) is 40.3 Å². The smallest absolute Gasteiger partial charge is 0.273 e. The van der Waals surface area contributed by atoms with Gasteiger partial charge in [0.2, 0.25) is 0 Å². The number of nitrogens with zero attached hydrogens (tertiary/aromatic N) is 2. The summed E-state index contributed by atoms with van der Waals surface area (Å²) >= 11 is 1.54. The largest absolute Gasteiger partial charge is 0.379 e. The molecule has 1 heterocycles. The van der Waals surface area contributed by atoms with E-state index in [1.807, 2.05) is 13.0 Å². The van der Waals surface area contributed by atoms with Crippen LogP contribution < -0.4 is 11.1 Å². The van der Waals surface area contributed by atoms with Crippen LogP contribution in [-0.2, 0) is 10.3 Å². The van der Waals surface area contributed by atoms with Gasteiger partial charge in [-0.15, -0.1) is 0 Å². The van der Waals surface area contributed by atoms with Crippen LogP contribution in [0.5, 0.6) is 0 Å². The summed E-state index contributed by atoms with van der Waals surface area (Å²) in [5.41, 5.74) is 6.75. The molecule has 1 aromatic carbocycles. The van der Waals surface area contributed by atoms with Crippen LogP contribution in [0.25, 0.3) is 0 Å². The lowest BCUT2D eigenvalue weighted by Gasteiger charge is -2.36. The third kappa shape index (κ3) is 3.93. The monoisotopic (exact) mass is 388 g/mol. The molecule has 144 valence electrons. The van der Waals surface area contributed by atoms with E-state index in [9.17, 15) is 9.18 Å². The zero-order chi connectivity index (χ0) is 19.4. The quantitative estimate of drug-likeness (QED) is 0.752. The molecule has 2 atom stereocenters. The average Bonchev–Trinajstić information content (AvgIpc) is 3.07. The molecular formula is C20H25FN4OS. The summed E-state index contributed by atoms with van der Waals surface area (Å²) in [4.78, 5) is 21.2. The van der Waals surface area contributed by atoms with E-state index in [0.717, 1.165) is 31.4 Å². The number of rotatable bonds is 5. The van der Waals surface area contributed by atoms with Crippen molar-refractivity contribution in [1.82, 2.24) is 0 Å². The molecule has 0 bridgehead atoms. The number of allylic oxidation sites excluding steroid dienone is 1. The lowest BCUT2D eigenvalue weighted by molar-refractivity contribution is -0.110. The maximum atomic E-state index is 14.8. The highest BCUT2D eigenvalue weighted by atomic mass is 32.2. The molecule has 1 fully saturated rings. The number of halogens is 1. The predicted octanol–water partition coefficient (Wildman–Crippen LogP) is 3.86. The number of nitrogens with one attached hydrogen (secondary N) is 1. The Morgan fingerprint density at radius 1 is 1.56 bits per heavy atom. The zero-order valence-corrected chi connectivity index (χ0v) is 16.5. The fourth-order valence-electron chi connectivity index (χ4n) is 3.87. The minimum atomic E-state index is -0.621. The van der Waals surface area contributed by atoms with Crippen molar-refractivity contribution in [1.29, 1.82) is 0 Å². The number of amidine groups is 1. The van der Waals surface area contributed by atoms with Gasteiger partial charge in [-0.2, -0.15) is 0 Å². The molecule has 0 radical (unpaired) electrons. The van der Waals surface area contributed by atoms with Gasteiger partial charge in [0, 0.05) is 24.1 Å². The van der Waals surface area contributed by atoms with E-state index in [2.05, 4.69) is 15.3 Å². The lowest BCUT2D eigenvalue weighted by atomic mass is 9.81. The standard InChI is InChI=1S/C20H25FN4OS/c1-3-4-7-17(23-2)18(26)24-14-8-9-16(21)15(11-14)20-10-5-6-13(20)12-27-19(22)25-20/h4,7-9,11,13H,3,5-6,10,12H2,1-2H3,(H2,22,25)(H,24,26)/b7-4-,23-17?. The summed E-state index contributed by atoms with van der Waals surface area (Å²) in [7, 11) is 1.57. The third-order valence-corrected chi connectivity index (χ3v) is 6.16. The van der Waals surface area contributed by atoms with Crippen molar-refractivity contribution in [2.75, 3.05) is 18.1 Å². The van der Waals surface area contributed by atoms with Crippen LogP contribution in [0, 0.1) is 11.7 Å². The third-order valence-electron chi connectivity index (χ3n) is 5.20. The van der Waals surface area contributed by atoms with Crippen molar-refractivity contribution in [2.24, 2.45) is 21.6 Å². The highest BCUT2D eigenvalue weighted by Crippen LogP contribution is 2.51. The van der Waals surface area contributed by atoms with Crippen LogP contribution in [0.4, 0.5) is 10.1 Å². The van der Waals surface area contributed by atoms with Gasteiger partial charge in [0.15, 0.2) is 5.17 Å². The SMILES string of the molecule is CC/C=C\C(=NC)C(=O)Nc1ccc(F)c(C23CCCC2CSC(N)=N3)c1. The van der Waals surface area contributed by atoms with E-state index in [1.165, 1.54) is 17.8 Å². The van der Waals surface area contributed by atoms with Gasteiger partial charge in [-0.25, -0.2) is 4.39 Å². The molecular weight excluding hydrogens is 363 g/mol. The molecule has 1 amide bonds. The Hall–Kier alpha value is -2.15. The molecule has 2 aliphatic rings. The highest BCUT2D eigenvalue weighted by molar-refractivity contribution is 8.13. The summed E-state index contributed by atoms with van der Waals surface area (Å²) in [6.45, 7) is 1.99. The summed E-state index contributed by atoms with van der Waals surface area (Å²) in [5.74, 6) is 0.483. The van der Waals surface area contributed by atoms with E-state index < -0.39 is 5.54 Å². The molecule has 7 heteroatoms. The van der Waals surface area contributed by atoms with Gasteiger partial charge in [-0.05, 0) is 49.5 Å². The minimum absolute atomic E-state index is 0.260. The first-order valence-electron chi connectivity index (χ1n) is 9.23. The number of hydrogen-bond donors (Lipinski definition) is 2. The number of fused-ring (bicyclic) bond motifs is 1. The average molecular weight is 389 g/mol. The number of benzene rings is 1. The van der Waals surface area contributed by atoms with Crippen molar-refractivity contribution in [3.8, 4) is 0 Å². The molecule has 0 aromatic heterocycles. The first-order chi connectivity index (χ1) is 13.0. The van der Waals surface area contributed by atoms with Crippen molar-refractivity contribution in [3.63, 3.8) is 0 Å². The van der Waals surface area contributed by atoms with E-state index in [-0.39, 0.29) is 17.6 Å². The van der Waals surface area contributed by atoms with Gasteiger partial charge in [-0.1, -0.05) is 31.2 Å². The van der Waals surface area contributed by atoms with Crippen molar-refractivity contribution in [3.05, 3.63) is 41.7 Å². The predicted molar refractivity (Wildman–Crippen MR) is 111 cm³/mol. The topological polar surface area (TPSA) is 79.8 Å². The van der Waals surface area contributed by atoms with Gasteiger partial charge >= 0.3 is 0 Å². The van der Waals surface area contributed by atoms with Crippen LogP contribution in [-0.4, -0.2) is 29.6 Å². The molecule has 3 N–H and O–H groups in total. The van der Waals surface area contributed by atoms with Gasteiger partial charge in [0.05, 0.1) is 5.54 Å². The summed E-state index contributed by atoms with van der Waals surface area (Å²) in [5, 5.41) is 3.33. The van der Waals surface area contributed by atoms with Crippen LogP contribution in [0.1, 0.15) is 38.2 Å². The molecule has 2 unspecified atom stereocenters. The normalized spacial score (nSPS) is 25.4. The molecule has 0 saturated heterocycles. The lowest BCUT2D eigenvalue weighted by Crippen LogP contribution is -2.37. The highest BCUT2D eigenvalue weighted by Gasteiger charge is 2.48. The number of carbonyl (C=O) groups is 1. The van der Waals surface area contributed by atoms with Crippen LogP contribution in [0.2, 0.25) is 0 Å². The molecule has 0 spiro atoms. The molecule has 5 nitrogen and oxygen atoms in total. The van der Waals surface area contributed by atoms with Crippen molar-refractivity contribution in [2.45, 2.75) is 38.1 Å². The number of anilines is 1. The summed E-state index contributed by atoms with van der Waals surface area (Å²) < 4.78 is 14.8. The van der Waals surface area contributed by atoms with E-state index in [1.54, 1.807) is 25.3 Å². The number of carbonyl (C=O) groups excluding carboxylic acids is 1. The molecule has 1 aromatic rings. The Morgan fingerprint density at radius 2 is 2.37 bits per heavy atom. The van der Waals surface area contributed by atoms with Crippen LogP contribution >= 0.6 is 11.8 Å². The second-order valence-corrected chi connectivity index (χ2v) is 7.88. The van der Waals surface area contributed by atoms with Gasteiger partial charge < -0.3 is 11.1 Å². The number of hydrogen-bond acceptors (Lipinski definition) is 5. The van der Waals surface area contributed by atoms with E-state index in [4.69, 9.17) is 5.73 Å². The number of thioether (sulfide) groups is 1. The summed E-state index contributed by atoms with van der Waals surface area (Å²) in [6, 6.07) is 4.67. The van der Waals surface area contributed by atoms with Gasteiger partial charge in [-0.3, -0.25) is 14.8 Å². The number of aliphatic imine (C=N–C) groups is 2. The maximum absolute atomic E-state index is 14.8. The van der Waals surface area contributed by atoms with Gasteiger partial charge in [0.1, 0.15) is 11.5 Å².